The molecule has 0 bridgehead atoms. The monoisotopic (exact) mass is 475 g/mol. The summed E-state index contributed by atoms with van der Waals surface area (Å²) in [7, 11) is 1.50. The SMILES string of the molecule is CCOc1cc(/C=C/C(=O)OCC(=O)NCCc2ccc3c(c2)OCCO3)cc(Cl)c1OC. The number of nitrogens with one attached hydrogen (secondary N) is 1. The average molecular weight is 476 g/mol. The third-order valence-electron chi connectivity index (χ3n) is 4.64. The Morgan fingerprint density at radius 2 is 1.94 bits per heavy atom. The van der Waals surface area contributed by atoms with Gasteiger partial charge >= 0.3 is 5.97 Å². The molecule has 8 nitrogen and oxygen atoms in total. The van der Waals surface area contributed by atoms with Crippen molar-refractivity contribution in [2.45, 2.75) is 13.3 Å². The van der Waals surface area contributed by atoms with E-state index in [0.29, 0.717) is 60.6 Å². The number of hydrogen-bond acceptors (Lipinski definition) is 7. The Labute approximate surface area is 197 Å². The molecule has 0 saturated carbocycles. The Hall–Kier alpha value is -3.39. The van der Waals surface area contributed by atoms with Crippen LogP contribution in [-0.2, 0) is 20.7 Å². The van der Waals surface area contributed by atoms with Crippen LogP contribution in [0.15, 0.2) is 36.4 Å². The van der Waals surface area contributed by atoms with E-state index in [1.165, 1.54) is 19.3 Å². The van der Waals surface area contributed by atoms with Gasteiger partial charge in [0.15, 0.2) is 29.6 Å². The summed E-state index contributed by atoms with van der Waals surface area (Å²) >= 11 is 6.19. The molecule has 0 aliphatic carbocycles. The smallest absolute Gasteiger partial charge is 0.331 e. The molecule has 3 rings (SSSR count). The first-order valence-electron chi connectivity index (χ1n) is 10.5. The molecule has 33 heavy (non-hydrogen) atoms. The highest BCUT2D eigenvalue weighted by molar-refractivity contribution is 6.32. The molecule has 2 aromatic carbocycles. The van der Waals surface area contributed by atoms with E-state index in [4.69, 9.17) is 35.3 Å². The number of methoxy groups -OCH3 is 1. The number of carbonyl (C=O) groups excluding carboxylic acids is 2. The molecule has 1 aliphatic rings. The molecule has 0 fully saturated rings. The summed E-state index contributed by atoms with van der Waals surface area (Å²) in [5.41, 5.74) is 1.63. The Kier molecular flexibility index (Phi) is 8.83. The predicted octanol–water partition coefficient (Wildman–Crippen LogP) is 3.43. The first-order valence-corrected chi connectivity index (χ1v) is 10.9. The number of fused-ring (bicyclic) bond motifs is 1. The van der Waals surface area contributed by atoms with Gasteiger partial charge in [-0.25, -0.2) is 4.79 Å². The molecule has 2 aromatic rings. The summed E-state index contributed by atoms with van der Waals surface area (Å²) in [4.78, 5) is 23.9. The first-order chi connectivity index (χ1) is 16.0. The molecule has 0 saturated heterocycles. The van der Waals surface area contributed by atoms with Gasteiger partial charge in [0.2, 0.25) is 0 Å². The third kappa shape index (κ3) is 7.05. The van der Waals surface area contributed by atoms with Crippen molar-refractivity contribution >= 4 is 29.6 Å². The highest BCUT2D eigenvalue weighted by Crippen LogP contribution is 2.36. The van der Waals surface area contributed by atoms with E-state index in [1.54, 1.807) is 12.1 Å². The molecule has 9 heteroatoms. The van der Waals surface area contributed by atoms with Gasteiger partial charge in [-0.1, -0.05) is 17.7 Å². The zero-order valence-electron chi connectivity index (χ0n) is 18.5. The summed E-state index contributed by atoms with van der Waals surface area (Å²) in [5, 5.41) is 3.08. The largest absolute Gasteiger partial charge is 0.491 e. The van der Waals surface area contributed by atoms with Gasteiger partial charge in [-0.2, -0.15) is 0 Å². The maximum atomic E-state index is 12.0. The highest BCUT2D eigenvalue weighted by Gasteiger charge is 2.13. The minimum absolute atomic E-state index is 0.355. The highest BCUT2D eigenvalue weighted by atomic mass is 35.5. The fourth-order valence-electron chi connectivity index (χ4n) is 3.13. The summed E-state index contributed by atoms with van der Waals surface area (Å²) < 4.78 is 26.8. The van der Waals surface area contributed by atoms with Gasteiger partial charge in [0, 0.05) is 12.6 Å². The van der Waals surface area contributed by atoms with Gasteiger partial charge in [0.25, 0.3) is 5.91 Å². The van der Waals surface area contributed by atoms with Crippen LogP contribution < -0.4 is 24.3 Å². The zero-order valence-corrected chi connectivity index (χ0v) is 19.3. The Bertz CT molecular complexity index is 1020. The minimum atomic E-state index is -0.651. The number of ether oxygens (including phenoxy) is 5. The fourth-order valence-corrected chi connectivity index (χ4v) is 3.43. The lowest BCUT2D eigenvalue weighted by Gasteiger charge is -2.18. The number of benzene rings is 2. The number of esters is 1. The molecule has 1 N–H and O–H groups in total. The van der Waals surface area contributed by atoms with Crippen LogP contribution in [0.3, 0.4) is 0 Å². The van der Waals surface area contributed by atoms with Crippen molar-refractivity contribution < 1.29 is 33.3 Å². The third-order valence-corrected chi connectivity index (χ3v) is 4.92. The molecule has 0 unspecified atom stereocenters. The number of carbonyl (C=O) groups is 2. The lowest BCUT2D eigenvalue weighted by Crippen LogP contribution is -2.30. The molecular formula is C24H26ClNO7. The van der Waals surface area contributed by atoms with Crippen LogP contribution in [0.5, 0.6) is 23.0 Å². The van der Waals surface area contributed by atoms with Crippen LogP contribution >= 0.6 is 11.6 Å². The van der Waals surface area contributed by atoms with Crippen LogP contribution in [0.1, 0.15) is 18.1 Å². The first kappa shape index (κ1) is 24.3. The van der Waals surface area contributed by atoms with Crippen molar-refractivity contribution in [3.63, 3.8) is 0 Å². The van der Waals surface area contributed by atoms with E-state index in [0.717, 1.165) is 11.3 Å². The standard InChI is InChI=1S/C24H26ClNO7/c1-3-30-21-14-17(12-18(25)24(21)29-2)5-7-23(28)33-15-22(27)26-9-8-16-4-6-19-20(13-16)32-11-10-31-19/h4-7,12-14H,3,8-11,15H2,1-2H3,(H,26,27)/b7-5+. The van der Waals surface area contributed by atoms with Gasteiger partial charge in [-0.15, -0.1) is 0 Å². The Morgan fingerprint density at radius 1 is 1.15 bits per heavy atom. The number of rotatable bonds is 10. The minimum Gasteiger partial charge on any atom is -0.491 e. The van der Waals surface area contributed by atoms with Crippen LogP contribution in [-0.4, -0.2) is 52.0 Å². The van der Waals surface area contributed by atoms with Gasteiger partial charge in [0.05, 0.1) is 18.7 Å². The van der Waals surface area contributed by atoms with E-state index >= 15 is 0 Å². The van der Waals surface area contributed by atoms with Crippen LogP contribution in [0.25, 0.3) is 6.08 Å². The van der Waals surface area contributed by atoms with Gasteiger partial charge in [0.1, 0.15) is 13.2 Å². The maximum absolute atomic E-state index is 12.0. The second-order valence-electron chi connectivity index (χ2n) is 6.99. The number of amides is 1. The summed E-state index contributed by atoms with van der Waals surface area (Å²) in [6, 6.07) is 9.01. The predicted molar refractivity (Wildman–Crippen MR) is 123 cm³/mol. The lowest BCUT2D eigenvalue weighted by molar-refractivity contribution is -0.143. The summed E-state index contributed by atoms with van der Waals surface area (Å²) in [6.07, 6.45) is 3.35. The van der Waals surface area contributed by atoms with Crippen molar-refractivity contribution in [2.75, 3.05) is 40.1 Å². The summed E-state index contributed by atoms with van der Waals surface area (Å²) in [5.74, 6) is 1.28. The van der Waals surface area contributed by atoms with Gasteiger partial charge < -0.3 is 29.0 Å². The zero-order chi connectivity index (χ0) is 23.6. The van der Waals surface area contributed by atoms with Crippen molar-refractivity contribution in [2.24, 2.45) is 0 Å². The molecule has 0 aromatic heterocycles. The molecule has 0 atom stereocenters. The molecule has 1 amide bonds. The van der Waals surface area contributed by atoms with E-state index in [9.17, 15) is 9.59 Å². The molecular weight excluding hydrogens is 450 g/mol. The fraction of sp³-hybridized carbons (Fsp3) is 0.333. The topological polar surface area (TPSA) is 92.3 Å². The summed E-state index contributed by atoms with van der Waals surface area (Å²) in [6.45, 7) is 3.36. The van der Waals surface area contributed by atoms with Crippen LogP contribution in [0.4, 0.5) is 0 Å². The van der Waals surface area contributed by atoms with Crippen LogP contribution in [0, 0.1) is 0 Å². The molecule has 1 heterocycles. The molecule has 1 aliphatic heterocycles. The van der Waals surface area contributed by atoms with Gasteiger partial charge in [-0.05, 0) is 54.8 Å². The average Bonchev–Trinajstić information content (AvgIpc) is 2.81. The van der Waals surface area contributed by atoms with E-state index in [-0.39, 0.29) is 12.5 Å². The normalized spacial score (nSPS) is 12.3. The van der Waals surface area contributed by atoms with Gasteiger partial charge in [-0.3, -0.25) is 4.79 Å². The Morgan fingerprint density at radius 3 is 2.70 bits per heavy atom. The lowest BCUT2D eigenvalue weighted by atomic mass is 10.1. The number of halogens is 1. The number of hydrogen-bond donors (Lipinski definition) is 1. The van der Waals surface area contributed by atoms with E-state index in [2.05, 4.69) is 5.32 Å². The van der Waals surface area contributed by atoms with E-state index < -0.39 is 5.97 Å². The second-order valence-corrected chi connectivity index (χ2v) is 7.39. The quantitative estimate of drug-likeness (QED) is 0.415. The second kappa shape index (κ2) is 12.0. The van der Waals surface area contributed by atoms with Crippen molar-refractivity contribution in [1.82, 2.24) is 5.32 Å². The van der Waals surface area contributed by atoms with Crippen molar-refractivity contribution in [1.29, 1.82) is 0 Å². The maximum Gasteiger partial charge on any atom is 0.331 e. The van der Waals surface area contributed by atoms with E-state index in [1.807, 2.05) is 25.1 Å². The molecule has 176 valence electrons. The molecule has 0 radical (unpaired) electrons. The van der Waals surface area contributed by atoms with Crippen molar-refractivity contribution in [3.8, 4) is 23.0 Å². The van der Waals surface area contributed by atoms with Crippen molar-refractivity contribution in [3.05, 3.63) is 52.6 Å². The Balaban J connectivity index is 1.43. The molecule has 0 spiro atoms. The van der Waals surface area contributed by atoms with Crippen LogP contribution in [0.2, 0.25) is 5.02 Å².